The number of halogens is 1. The molecule has 2 rings (SSSR count). The summed E-state index contributed by atoms with van der Waals surface area (Å²) in [4.78, 5) is 11.9. The molecule has 2 aromatic rings. The van der Waals surface area contributed by atoms with Crippen LogP contribution in [0, 0.1) is 0 Å². The number of aromatic nitrogens is 1. The van der Waals surface area contributed by atoms with Gasteiger partial charge in [-0.15, -0.1) is 0 Å². The average molecular weight is 426 g/mol. The average Bonchev–Trinajstić information content (AvgIpc) is 3.01. The molecule has 7 heteroatoms. The minimum absolute atomic E-state index is 0.204. The van der Waals surface area contributed by atoms with Crippen molar-refractivity contribution in [1.29, 1.82) is 0 Å². The topological polar surface area (TPSA) is 65.4 Å². The Morgan fingerprint density at radius 1 is 1.20 bits per heavy atom. The number of ether oxygens (including phenoxy) is 1. The highest BCUT2D eigenvalue weighted by Crippen LogP contribution is 2.18. The van der Waals surface area contributed by atoms with Crippen LogP contribution >= 0.6 is 15.9 Å². The Morgan fingerprint density at radius 3 is 2.40 bits per heavy atom. The van der Waals surface area contributed by atoms with E-state index in [1.165, 1.54) is 24.5 Å². The second-order valence-electron chi connectivity index (χ2n) is 6.42. The number of carbonyl (C=O) groups is 1. The van der Waals surface area contributed by atoms with E-state index in [0.717, 1.165) is 9.54 Å². The molecule has 0 radical (unpaired) electrons. The Balaban J connectivity index is 2.18. The van der Waals surface area contributed by atoms with Crippen LogP contribution < -0.4 is 0 Å². The van der Waals surface area contributed by atoms with Gasteiger partial charge < -0.3 is 4.74 Å². The quantitative estimate of drug-likeness (QED) is 0.412. The van der Waals surface area contributed by atoms with E-state index in [-0.39, 0.29) is 4.90 Å². The molecule has 1 aromatic heterocycles. The molecular weight excluding hydrogens is 406 g/mol. The van der Waals surface area contributed by atoms with Crippen molar-refractivity contribution in [2.24, 2.45) is 0 Å². The van der Waals surface area contributed by atoms with Crippen LogP contribution in [0.5, 0.6) is 0 Å². The number of hydrogen-bond donors (Lipinski definition) is 0. The lowest BCUT2D eigenvalue weighted by Gasteiger charge is -2.17. The first-order chi connectivity index (χ1) is 11.6. The second-order valence-corrected chi connectivity index (χ2v) is 8.83. The maximum absolute atomic E-state index is 12.6. The summed E-state index contributed by atoms with van der Waals surface area (Å²) in [6.07, 6.45) is 5.70. The number of benzene rings is 1. The zero-order valence-electron chi connectivity index (χ0n) is 14.3. The molecule has 0 aliphatic carbocycles. The Bertz CT molecular complexity index is 875. The third-order valence-corrected chi connectivity index (χ3v) is 5.46. The lowest BCUT2D eigenvalue weighted by Crippen LogP contribution is -2.22. The summed E-state index contributed by atoms with van der Waals surface area (Å²) in [6.45, 7) is 5.34. The number of rotatable bonds is 5. The van der Waals surface area contributed by atoms with Gasteiger partial charge in [-0.1, -0.05) is 28.1 Å². The Morgan fingerprint density at radius 2 is 1.84 bits per heavy atom. The van der Waals surface area contributed by atoms with Crippen molar-refractivity contribution in [3.8, 4) is 0 Å². The van der Waals surface area contributed by atoms with Gasteiger partial charge in [0.15, 0.2) is 0 Å². The molecule has 0 saturated heterocycles. The molecule has 0 N–H and O–H groups in total. The van der Waals surface area contributed by atoms with Crippen molar-refractivity contribution in [1.82, 2.24) is 3.97 Å². The van der Waals surface area contributed by atoms with Gasteiger partial charge in [-0.05, 0) is 56.2 Å². The number of nitrogens with zero attached hydrogens (tertiary/aromatic N) is 1. The predicted octanol–water partition coefficient (Wildman–Crippen LogP) is 3.97. The van der Waals surface area contributed by atoms with E-state index in [9.17, 15) is 13.2 Å². The molecule has 0 aliphatic rings. The van der Waals surface area contributed by atoms with Gasteiger partial charge in [-0.2, -0.15) is 0 Å². The highest BCUT2D eigenvalue weighted by molar-refractivity contribution is 9.08. The molecule has 134 valence electrons. The van der Waals surface area contributed by atoms with Gasteiger partial charge >= 0.3 is 5.97 Å². The van der Waals surface area contributed by atoms with Gasteiger partial charge in [0, 0.05) is 23.8 Å². The number of esters is 1. The predicted molar refractivity (Wildman–Crippen MR) is 101 cm³/mol. The number of alkyl halides is 1. The van der Waals surface area contributed by atoms with Crippen LogP contribution in [-0.4, -0.2) is 24.0 Å². The summed E-state index contributed by atoms with van der Waals surface area (Å²) in [7, 11) is -3.66. The highest BCUT2D eigenvalue weighted by Gasteiger charge is 2.17. The second kappa shape index (κ2) is 7.58. The zero-order valence-corrected chi connectivity index (χ0v) is 16.7. The lowest BCUT2D eigenvalue weighted by molar-refractivity contribution is -0.148. The fourth-order valence-corrected chi connectivity index (χ4v) is 3.59. The van der Waals surface area contributed by atoms with Gasteiger partial charge in [-0.25, -0.2) is 17.2 Å². The Kier molecular flexibility index (Phi) is 5.90. The minimum Gasteiger partial charge on any atom is -0.457 e. The van der Waals surface area contributed by atoms with Crippen molar-refractivity contribution in [2.75, 3.05) is 0 Å². The molecule has 0 saturated carbocycles. The molecule has 0 bridgehead atoms. The van der Waals surface area contributed by atoms with Crippen LogP contribution in [0.4, 0.5) is 0 Å². The van der Waals surface area contributed by atoms with Gasteiger partial charge in [0.05, 0.1) is 4.90 Å². The van der Waals surface area contributed by atoms with E-state index in [1.807, 2.05) is 0 Å². The van der Waals surface area contributed by atoms with E-state index >= 15 is 0 Å². The summed E-state index contributed by atoms with van der Waals surface area (Å²) in [5.74, 6) is -0.478. The summed E-state index contributed by atoms with van der Waals surface area (Å²) in [6, 6.07) is 8.28. The standard InChI is InChI=1S/C18H20BrNO4S/c1-18(2,3)24-17(21)9-6-15-10-11-20(13-15)25(22,23)16-7-4-14(12-19)5-8-16/h4-11,13H,12H2,1-3H3. The molecule has 1 aromatic carbocycles. The van der Waals surface area contributed by atoms with Crippen LogP contribution in [0.1, 0.15) is 31.9 Å². The summed E-state index contributed by atoms with van der Waals surface area (Å²) in [5.41, 5.74) is 1.01. The molecule has 0 amide bonds. The number of carbonyl (C=O) groups excluding carboxylic acids is 1. The van der Waals surface area contributed by atoms with Gasteiger partial charge in [-0.3, -0.25) is 0 Å². The van der Waals surface area contributed by atoms with Crippen LogP contribution in [0.25, 0.3) is 6.08 Å². The Labute approximate surface area is 156 Å². The minimum atomic E-state index is -3.66. The third-order valence-electron chi connectivity index (χ3n) is 3.16. The summed E-state index contributed by atoms with van der Waals surface area (Å²) >= 11 is 3.33. The lowest BCUT2D eigenvalue weighted by atomic mass is 10.2. The maximum Gasteiger partial charge on any atom is 0.331 e. The van der Waals surface area contributed by atoms with E-state index in [0.29, 0.717) is 10.9 Å². The fourth-order valence-electron chi connectivity index (χ4n) is 2.01. The van der Waals surface area contributed by atoms with Crippen molar-refractivity contribution >= 4 is 38.0 Å². The van der Waals surface area contributed by atoms with Crippen LogP contribution in [0.15, 0.2) is 53.7 Å². The first kappa shape index (κ1) is 19.5. The summed E-state index contributed by atoms with van der Waals surface area (Å²) in [5, 5.41) is 0.663. The van der Waals surface area contributed by atoms with Crippen molar-refractivity contribution in [3.63, 3.8) is 0 Å². The number of hydrogen-bond acceptors (Lipinski definition) is 4. The van der Waals surface area contributed by atoms with E-state index in [4.69, 9.17) is 4.74 Å². The summed E-state index contributed by atoms with van der Waals surface area (Å²) < 4.78 is 31.5. The molecule has 5 nitrogen and oxygen atoms in total. The maximum atomic E-state index is 12.6. The SMILES string of the molecule is CC(C)(C)OC(=O)C=Cc1ccn(S(=O)(=O)c2ccc(CBr)cc2)c1. The molecule has 0 spiro atoms. The van der Waals surface area contributed by atoms with Crippen molar-refractivity contribution in [3.05, 3.63) is 59.9 Å². The third kappa shape index (κ3) is 5.31. The largest absolute Gasteiger partial charge is 0.457 e. The fraction of sp³-hybridized carbons (Fsp3) is 0.278. The molecular formula is C18H20BrNO4S. The Hall–Kier alpha value is -1.86. The molecule has 0 unspecified atom stereocenters. The first-order valence-electron chi connectivity index (χ1n) is 7.61. The molecule has 1 heterocycles. The first-order valence-corrected chi connectivity index (χ1v) is 10.2. The van der Waals surface area contributed by atoms with Crippen LogP contribution in [-0.2, 0) is 24.9 Å². The van der Waals surface area contributed by atoms with Crippen LogP contribution in [0.3, 0.4) is 0 Å². The van der Waals surface area contributed by atoms with Gasteiger partial charge in [0.1, 0.15) is 5.60 Å². The zero-order chi connectivity index (χ0) is 18.7. The normalized spacial score (nSPS) is 12.5. The molecule has 25 heavy (non-hydrogen) atoms. The highest BCUT2D eigenvalue weighted by atomic mass is 79.9. The van der Waals surface area contributed by atoms with Crippen molar-refractivity contribution < 1.29 is 17.9 Å². The monoisotopic (exact) mass is 425 g/mol. The molecule has 0 atom stereocenters. The van der Waals surface area contributed by atoms with Gasteiger partial charge in [0.25, 0.3) is 10.0 Å². The van der Waals surface area contributed by atoms with Crippen LogP contribution in [0.2, 0.25) is 0 Å². The van der Waals surface area contributed by atoms with Crippen molar-refractivity contribution in [2.45, 2.75) is 36.6 Å². The molecule has 0 aliphatic heterocycles. The van der Waals surface area contributed by atoms with E-state index < -0.39 is 21.6 Å². The smallest absolute Gasteiger partial charge is 0.331 e. The van der Waals surface area contributed by atoms with E-state index in [2.05, 4.69) is 15.9 Å². The molecule has 0 fully saturated rings. The van der Waals surface area contributed by atoms with Gasteiger partial charge in [0.2, 0.25) is 0 Å². The van der Waals surface area contributed by atoms with E-state index in [1.54, 1.807) is 51.1 Å².